The lowest BCUT2D eigenvalue weighted by atomic mass is 10.1. The molecule has 3 aromatic carbocycles. The van der Waals surface area contributed by atoms with Crippen LogP contribution >= 0.6 is 15.9 Å². The number of ether oxygens (including phenoxy) is 2. The van der Waals surface area contributed by atoms with E-state index in [1.165, 1.54) is 0 Å². The smallest absolute Gasteiger partial charge is 0.162 e. The van der Waals surface area contributed by atoms with Crippen molar-refractivity contribution in [3.63, 3.8) is 0 Å². The normalized spacial score (nSPS) is 11.1. The zero-order valence-corrected chi connectivity index (χ0v) is 19.6. The molecule has 0 saturated carbocycles. The molecule has 0 aliphatic carbocycles. The maximum atomic E-state index is 9.78. The Balaban J connectivity index is 1.65. The van der Waals surface area contributed by atoms with E-state index in [-0.39, 0.29) is 6.61 Å². The second-order valence-corrected chi connectivity index (χ2v) is 8.21. The maximum Gasteiger partial charge on any atom is 0.162 e. The van der Waals surface area contributed by atoms with Gasteiger partial charge in [-0.2, -0.15) is 10.5 Å². The number of aromatic nitrogens is 2. The van der Waals surface area contributed by atoms with Gasteiger partial charge in [0.2, 0.25) is 0 Å². The van der Waals surface area contributed by atoms with Crippen LogP contribution in [0.25, 0.3) is 22.7 Å². The van der Waals surface area contributed by atoms with Crippen molar-refractivity contribution in [2.75, 3.05) is 7.11 Å². The molecule has 0 bridgehead atoms. The van der Waals surface area contributed by atoms with E-state index >= 15 is 0 Å². The highest BCUT2D eigenvalue weighted by atomic mass is 79.9. The van der Waals surface area contributed by atoms with Gasteiger partial charge in [0.1, 0.15) is 18.5 Å². The molecule has 1 heterocycles. The van der Waals surface area contributed by atoms with Crippen LogP contribution in [0.15, 0.2) is 59.1 Å². The van der Waals surface area contributed by atoms with Crippen molar-refractivity contribution in [1.29, 1.82) is 10.5 Å². The lowest BCUT2D eigenvalue weighted by Gasteiger charge is -2.13. The molecular weight excluding hydrogens is 480 g/mol. The fourth-order valence-electron chi connectivity index (χ4n) is 3.40. The average molecular weight is 499 g/mol. The number of fused-ring (bicyclic) bond motifs is 1. The highest BCUT2D eigenvalue weighted by Gasteiger charge is 2.14. The van der Waals surface area contributed by atoms with E-state index in [4.69, 9.17) is 9.47 Å². The molecule has 0 unspecified atom stereocenters. The number of H-pyrrole nitrogens is 1. The van der Waals surface area contributed by atoms with Crippen LogP contribution in [0.5, 0.6) is 11.5 Å². The lowest BCUT2D eigenvalue weighted by molar-refractivity contribution is 0.284. The summed E-state index contributed by atoms with van der Waals surface area (Å²) in [5.74, 6) is 1.53. The molecule has 33 heavy (non-hydrogen) atoms. The summed E-state index contributed by atoms with van der Waals surface area (Å²) in [7, 11) is 1.56. The van der Waals surface area contributed by atoms with Gasteiger partial charge in [0.15, 0.2) is 11.5 Å². The Morgan fingerprint density at radius 1 is 1.12 bits per heavy atom. The Morgan fingerprint density at radius 2 is 1.94 bits per heavy atom. The van der Waals surface area contributed by atoms with Crippen molar-refractivity contribution >= 4 is 38.6 Å². The molecule has 1 N–H and O–H groups in total. The first kappa shape index (κ1) is 22.1. The quantitative estimate of drug-likeness (QED) is 0.321. The van der Waals surface area contributed by atoms with Gasteiger partial charge in [0.05, 0.1) is 35.3 Å². The Morgan fingerprint density at radius 3 is 2.70 bits per heavy atom. The summed E-state index contributed by atoms with van der Waals surface area (Å²) in [6.45, 7) is 2.23. The molecule has 0 aliphatic heterocycles. The molecule has 0 atom stereocenters. The third kappa shape index (κ3) is 4.74. The summed E-state index contributed by atoms with van der Waals surface area (Å²) >= 11 is 3.57. The first-order valence-corrected chi connectivity index (χ1v) is 10.9. The SMILES string of the molecule is COc1cc(/C=C(/C#N)c2nc3ccc(C)cc3[nH]2)c(Br)cc1OCc1ccccc1C#N. The minimum atomic E-state index is 0.226. The predicted octanol–water partition coefficient (Wildman–Crippen LogP) is 6.16. The number of halogens is 1. The van der Waals surface area contributed by atoms with Crippen molar-refractivity contribution in [2.24, 2.45) is 0 Å². The number of nitriles is 2. The molecule has 0 radical (unpaired) electrons. The highest BCUT2D eigenvalue weighted by Crippen LogP contribution is 2.36. The number of benzene rings is 3. The van der Waals surface area contributed by atoms with Crippen LogP contribution in [-0.4, -0.2) is 17.1 Å². The zero-order chi connectivity index (χ0) is 23.4. The number of aromatic amines is 1. The summed E-state index contributed by atoms with van der Waals surface area (Å²) < 4.78 is 12.2. The average Bonchev–Trinajstić information content (AvgIpc) is 3.25. The number of allylic oxidation sites excluding steroid dienone is 1. The number of hydrogen-bond donors (Lipinski definition) is 1. The van der Waals surface area contributed by atoms with Crippen molar-refractivity contribution in [3.05, 3.63) is 87.1 Å². The van der Waals surface area contributed by atoms with Crippen LogP contribution in [0, 0.1) is 29.6 Å². The van der Waals surface area contributed by atoms with Crippen LogP contribution in [0.2, 0.25) is 0 Å². The van der Waals surface area contributed by atoms with Crippen LogP contribution in [-0.2, 0) is 6.61 Å². The number of nitrogens with one attached hydrogen (secondary N) is 1. The van der Waals surface area contributed by atoms with E-state index in [9.17, 15) is 10.5 Å². The maximum absolute atomic E-state index is 9.78. The summed E-state index contributed by atoms with van der Waals surface area (Å²) in [5, 5.41) is 19.1. The Labute approximate surface area is 199 Å². The van der Waals surface area contributed by atoms with Gasteiger partial charge >= 0.3 is 0 Å². The second-order valence-electron chi connectivity index (χ2n) is 7.36. The minimum Gasteiger partial charge on any atom is -0.493 e. The molecule has 0 aliphatic rings. The topological polar surface area (TPSA) is 94.7 Å². The van der Waals surface area contributed by atoms with Gasteiger partial charge in [0, 0.05) is 10.0 Å². The van der Waals surface area contributed by atoms with E-state index in [0.29, 0.717) is 28.5 Å². The third-order valence-corrected chi connectivity index (χ3v) is 5.80. The van der Waals surface area contributed by atoms with Gasteiger partial charge < -0.3 is 14.5 Å². The van der Waals surface area contributed by atoms with E-state index in [1.807, 2.05) is 43.3 Å². The molecular formula is C26H19BrN4O2. The lowest BCUT2D eigenvalue weighted by Crippen LogP contribution is -2.00. The summed E-state index contributed by atoms with van der Waals surface area (Å²) in [6.07, 6.45) is 1.74. The standard InChI is InChI=1S/C26H19BrN4O2/c1-16-7-8-22-23(9-16)31-26(30-22)20(14-29)10-19-11-24(32-2)25(12-21(19)27)33-15-18-6-4-3-5-17(18)13-28/h3-12H,15H2,1-2H3,(H,30,31)/b20-10-. The van der Waals surface area contributed by atoms with Crippen LogP contribution in [0.4, 0.5) is 0 Å². The zero-order valence-electron chi connectivity index (χ0n) is 18.0. The number of rotatable bonds is 6. The molecule has 1 aromatic heterocycles. The highest BCUT2D eigenvalue weighted by molar-refractivity contribution is 9.10. The van der Waals surface area contributed by atoms with Crippen LogP contribution in [0.3, 0.4) is 0 Å². The molecule has 4 aromatic rings. The van der Waals surface area contributed by atoms with E-state index < -0.39 is 0 Å². The van der Waals surface area contributed by atoms with Gasteiger partial charge in [-0.1, -0.05) is 40.2 Å². The van der Waals surface area contributed by atoms with Gasteiger partial charge in [-0.05, 0) is 54.5 Å². The van der Waals surface area contributed by atoms with Crippen molar-refractivity contribution in [3.8, 4) is 23.6 Å². The van der Waals surface area contributed by atoms with Gasteiger partial charge in [-0.15, -0.1) is 0 Å². The molecule has 0 amide bonds. The Hall–Kier alpha value is -4.07. The number of imidazole rings is 1. The van der Waals surface area contributed by atoms with E-state index in [1.54, 1.807) is 31.4 Å². The molecule has 7 heteroatoms. The first-order valence-electron chi connectivity index (χ1n) is 10.1. The summed E-state index contributed by atoms with van der Waals surface area (Å²) in [5.41, 5.74) is 5.27. The van der Waals surface area contributed by atoms with Crippen LogP contribution < -0.4 is 9.47 Å². The van der Waals surface area contributed by atoms with Crippen LogP contribution in [0.1, 0.15) is 28.1 Å². The molecule has 6 nitrogen and oxygen atoms in total. The number of nitrogens with zero attached hydrogens (tertiary/aromatic N) is 3. The molecule has 0 saturated heterocycles. The number of hydrogen-bond acceptors (Lipinski definition) is 5. The Kier molecular flexibility index (Phi) is 6.44. The summed E-state index contributed by atoms with van der Waals surface area (Å²) in [6, 6.07) is 21.2. The molecule has 162 valence electrons. The molecule has 4 rings (SSSR count). The Bertz CT molecular complexity index is 1460. The molecule has 0 spiro atoms. The van der Waals surface area contributed by atoms with Gasteiger partial charge in [0.25, 0.3) is 0 Å². The van der Waals surface area contributed by atoms with Crippen molar-refractivity contribution < 1.29 is 9.47 Å². The van der Waals surface area contributed by atoms with Gasteiger partial charge in [-0.3, -0.25) is 0 Å². The van der Waals surface area contributed by atoms with Gasteiger partial charge in [-0.25, -0.2) is 4.98 Å². The fraction of sp³-hybridized carbons (Fsp3) is 0.115. The third-order valence-electron chi connectivity index (χ3n) is 5.12. The van der Waals surface area contributed by atoms with Crippen molar-refractivity contribution in [2.45, 2.75) is 13.5 Å². The first-order chi connectivity index (χ1) is 16.0. The van der Waals surface area contributed by atoms with Crippen molar-refractivity contribution in [1.82, 2.24) is 9.97 Å². The van der Waals surface area contributed by atoms with E-state index in [0.717, 1.165) is 32.2 Å². The largest absolute Gasteiger partial charge is 0.493 e. The predicted molar refractivity (Wildman–Crippen MR) is 130 cm³/mol. The molecule has 0 fully saturated rings. The number of aryl methyl sites for hydroxylation is 1. The number of methoxy groups -OCH3 is 1. The summed E-state index contributed by atoms with van der Waals surface area (Å²) in [4.78, 5) is 7.76. The van der Waals surface area contributed by atoms with E-state index in [2.05, 4.69) is 38.0 Å². The second kappa shape index (κ2) is 9.60. The minimum absolute atomic E-state index is 0.226. The monoisotopic (exact) mass is 498 g/mol. The fourth-order valence-corrected chi connectivity index (χ4v) is 3.84.